The number of cyclic esters (lactones) is 1. The number of benzene rings is 6. The van der Waals surface area contributed by atoms with Gasteiger partial charge < -0.3 is 38.4 Å². The lowest BCUT2D eigenvalue weighted by Crippen LogP contribution is -2.59. The number of imide groups is 1. The van der Waals surface area contributed by atoms with E-state index in [0.29, 0.717) is 59.1 Å². The van der Waals surface area contributed by atoms with Gasteiger partial charge in [0.25, 0.3) is 0 Å². The Kier molecular flexibility index (Phi) is 13.8. The molecule has 3 amide bonds. The smallest absolute Gasteiger partial charge is 0.421 e. The van der Waals surface area contributed by atoms with Crippen molar-refractivity contribution in [3.8, 4) is 29.1 Å². The number of amides is 3. The highest BCUT2D eigenvalue weighted by Gasteiger charge is 2.76. The average molecular weight is 1050 g/mol. The Labute approximate surface area is 449 Å². The number of esters is 1. The number of methoxy groups -OCH3 is 1. The fraction of sp³-hybridized carbons (Fsp3) is 0.300. The van der Waals surface area contributed by atoms with Gasteiger partial charge in [0.05, 0.1) is 42.4 Å². The Hall–Kier alpha value is -8.60. The number of aliphatic hydroxyl groups is 1. The molecule has 0 saturated carbocycles. The summed E-state index contributed by atoms with van der Waals surface area (Å²) >= 11 is 0. The number of carbonyl (C=O) groups excluding carboxylic acids is 4. The third-order valence-corrected chi connectivity index (χ3v) is 15.4. The molecule has 78 heavy (non-hydrogen) atoms. The number of hydrogen-bond donors (Lipinski definition) is 1. The van der Waals surface area contributed by atoms with Gasteiger partial charge in [0.2, 0.25) is 18.6 Å². The molecule has 1 spiro atoms. The Bertz CT molecular complexity index is 3450. The summed E-state index contributed by atoms with van der Waals surface area (Å²) in [6.07, 6.45) is -1.90. The summed E-state index contributed by atoms with van der Waals surface area (Å²) in [7, 11) is 1.48. The molecule has 6 atom stereocenters. The molecule has 0 aliphatic carbocycles. The van der Waals surface area contributed by atoms with Crippen LogP contribution in [0.3, 0.4) is 0 Å². The predicted molar refractivity (Wildman–Crippen MR) is 283 cm³/mol. The second kappa shape index (κ2) is 21.4. The molecule has 18 heteroatoms. The minimum absolute atomic E-state index is 0.0328. The first kappa shape index (κ1) is 50.2. The molecule has 3 fully saturated rings. The van der Waals surface area contributed by atoms with Gasteiger partial charge in [-0.15, -0.1) is 5.10 Å². The topological polar surface area (TPSA) is 188 Å². The number of para-hydroxylation sites is 1. The zero-order valence-corrected chi connectivity index (χ0v) is 42.7. The molecule has 7 aromatic rings. The van der Waals surface area contributed by atoms with Gasteiger partial charge >= 0.3 is 12.1 Å². The number of aromatic nitrogens is 3. The second-order valence-electron chi connectivity index (χ2n) is 19.7. The number of nitrogens with zero attached hydrogens (tertiary/aromatic N) is 7. The van der Waals surface area contributed by atoms with Gasteiger partial charge in [-0.25, -0.2) is 14.4 Å². The number of fused-ring (bicyclic) bond motifs is 5. The summed E-state index contributed by atoms with van der Waals surface area (Å²) in [6, 6.07) is 41.4. The van der Waals surface area contributed by atoms with E-state index in [2.05, 4.69) is 27.1 Å². The molecule has 1 N–H and O–H groups in total. The monoisotopic (exact) mass is 1050 g/mol. The van der Waals surface area contributed by atoms with Crippen molar-refractivity contribution >= 4 is 40.6 Å². The van der Waals surface area contributed by atoms with Gasteiger partial charge in [-0.2, -0.15) is 0 Å². The maximum Gasteiger partial charge on any atom is 0.421 e. The van der Waals surface area contributed by atoms with Crippen LogP contribution in [-0.4, -0.2) is 131 Å². The van der Waals surface area contributed by atoms with Crippen molar-refractivity contribution in [2.75, 3.05) is 71.4 Å². The van der Waals surface area contributed by atoms with Gasteiger partial charge in [0.15, 0.2) is 11.5 Å². The number of aliphatic hydroxyl groups excluding tert-OH is 1. The molecule has 396 valence electrons. The fourth-order valence-electron chi connectivity index (χ4n) is 12.0. The molecule has 1 aromatic heterocycles. The Balaban J connectivity index is 1.05. The molecular formula is C60H55N7O11. The molecule has 18 nitrogen and oxygen atoms in total. The Morgan fingerprint density at radius 2 is 1.51 bits per heavy atom. The first-order valence-electron chi connectivity index (χ1n) is 26.0. The summed E-state index contributed by atoms with van der Waals surface area (Å²) in [5.74, 6) is 4.94. The number of carbonyl (C=O) groups is 4. The van der Waals surface area contributed by atoms with Crippen molar-refractivity contribution in [3.63, 3.8) is 0 Å². The number of piperazine rings is 1. The first-order valence-corrected chi connectivity index (χ1v) is 26.0. The highest BCUT2D eigenvalue weighted by molar-refractivity contribution is 6.23. The number of rotatable bonds is 13. The first-order chi connectivity index (χ1) is 38.3. The average Bonchev–Trinajstić information content (AvgIpc) is 2.76. The third kappa shape index (κ3) is 8.93. The molecule has 12 rings (SSSR count). The highest BCUT2D eigenvalue weighted by atomic mass is 16.7. The predicted octanol–water partition coefficient (Wildman–Crippen LogP) is 6.38. The molecule has 3 saturated heterocycles. The van der Waals surface area contributed by atoms with Gasteiger partial charge in [-0.05, 0) is 82.4 Å². The van der Waals surface area contributed by atoms with Crippen LogP contribution in [0.25, 0.3) is 11.0 Å². The van der Waals surface area contributed by atoms with E-state index in [1.165, 1.54) is 7.11 Å². The number of hydrogen-bond acceptors (Lipinski definition) is 15. The quantitative estimate of drug-likeness (QED) is 0.0762. The SMILES string of the molecule is COCCOC(=O)N1C(=O)[C@@]2(c3cc(C#CCn4nnc5ccccc54)ccc31)[C@H](C(=O)N1CCN(Cc3ccc4c(c3)OCO4)CC1)[C@H]1C(=O)O[C@H](c3ccccc3)[C@H](c3ccccc3)N1[C@@H]2c1ccc(OCCO)cc1. The van der Waals surface area contributed by atoms with Crippen LogP contribution in [0.1, 0.15) is 51.6 Å². The standard InChI is InChI=1S/C60H55N7O11/c1-73-33-34-75-59(72)66-47-24-18-39(11-10-26-65-48-17-9-8-16-46(48)61-62-65)35-45(47)60(58(66)71)51(56(69)64-29-27-63(28-30-64)37-40-19-25-49-50(36-40)77-38-76-49)53-57(70)78-54(42-14-6-3-7-15-42)52(41-12-4-2-5-13-41)67(53)55(60)43-20-22-44(23-21-43)74-32-31-68/h2-9,12-25,35-36,51-55,68H,26-34,37-38H2,1H3/t51-,52-,53-,54+,55+,60-/m0/s1. The Morgan fingerprint density at radius 3 is 2.28 bits per heavy atom. The summed E-state index contributed by atoms with van der Waals surface area (Å²) in [4.78, 5) is 70.7. The second-order valence-corrected chi connectivity index (χ2v) is 19.7. The summed E-state index contributed by atoms with van der Waals surface area (Å²) in [6.45, 7) is 2.09. The third-order valence-electron chi connectivity index (χ3n) is 15.4. The maximum absolute atomic E-state index is 16.7. The van der Waals surface area contributed by atoms with E-state index >= 15 is 14.4 Å². The van der Waals surface area contributed by atoms with Gasteiger partial charge in [-0.3, -0.25) is 24.2 Å². The molecule has 0 unspecified atom stereocenters. The Morgan fingerprint density at radius 1 is 0.769 bits per heavy atom. The van der Waals surface area contributed by atoms with Crippen molar-refractivity contribution in [3.05, 3.63) is 179 Å². The number of morpholine rings is 1. The van der Waals surface area contributed by atoms with E-state index in [0.717, 1.165) is 27.1 Å². The van der Waals surface area contributed by atoms with E-state index in [9.17, 15) is 9.90 Å². The minimum Gasteiger partial charge on any atom is -0.491 e. The van der Waals surface area contributed by atoms with Crippen molar-refractivity contribution in [1.82, 2.24) is 29.7 Å². The summed E-state index contributed by atoms with van der Waals surface area (Å²) in [5, 5.41) is 18.3. The molecule has 6 heterocycles. The maximum atomic E-state index is 16.7. The lowest BCUT2D eigenvalue weighted by atomic mass is 9.65. The highest BCUT2D eigenvalue weighted by Crippen LogP contribution is 2.66. The largest absolute Gasteiger partial charge is 0.491 e. The van der Waals surface area contributed by atoms with E-state index in [1.807, 2.05) is 120 Å². The van der Waals surface area contributed by atoms with Crippen LogP contribution in [0.5, 0.6) is 17.2 Å². The molecule has 5 aliphatic heterocycles. The molecule has 5 aliphatic rings. The van der Waals surface area contributed by atoms with Crippen LogP contribution >= 0.6 is 0 Å². The molecule has 0 radical (unpaired) electrons. The zero-order chi connectivity index (χ0) is 53.3. The normalized spacial score (nSPS) is 22.5. The molecular weight excluding hydrogens is 995 g/mol. The van der Waals surface area contributed by atoms with Crippen LogP contribution in [0, 0.1) is 17.8 Å². The summed E-state index contributed by atoms with van der Waals surface area (Å²) < 4.78 is 36.6. The van der Waals surface area contributed by atoms with Crippen molar-refractivity contribution in [1.29, 1.82) is 0 Å². The minimum atomic E-state index is -2.04. The van der Waals surface area contributed by atoms with Crippen LogP contribution in [-0.2, 0) is 47.1 Å². The van der Waals surface area contributed by atoms with Crippen LogP contribution in [0.2, 0.25) is 0 Å². The summed E-state index contributed by atoms with van der Waals surface area (Å²) in [5.41, 5.74) is 3.48. The van der Waals surface area contributed by atoms with Crippen molar-refractivity contribution < 1.29 is 52.7 Å². The van der Waals surface area contributed by atoms with Gasteiger partial charge in [0, 0.05) is 45.4 Å². The lowest BCUT2D eigenvalue weighted by Gasteiger charge is -2.46. The number of anilines is 1. The van der Waals surface area contributed by atoms with E-state index in [-0.39, 0.29) is 58.5 Å². The van der Waals surface area contributed by atoms with Crippen molar-refractivity contribution in [2.45, 2.75) is 42.7 Å². The van der Waals surface area contributed by atoms with Crippen molar-refractivity contribution in [2.24, 2.45) is 5.92 Å². The molecule has 0 bridgehead atoms. The van der Waals surface area contributed by atoms with Crippen LogP contribution in [0.4, 0.5) is 10.5 Å². The van der Waals surface area contributed by atoms with Crippen LogP contribution < -0.4 is 19.1 Å². The fourth-order valence-corrected chi connectivity index (χ4v) is 12.0. The van der Waals surface area contributed by atoms with E-state index in [1.54, 1.807) is 39.9 Å². The van der Waals surface area contributed by atoms with Crippen LogP contribution in [0.15, 0.2) is 146 Å². The lowest BCUT2D eigenvalue weighted by molar-refractivity contribution is -0.179. The molecule has 6 aromatic carbocycles. The van der Waals surface area contributed by atoms with E-state index in [4.69, 9.17) is 28.4 Å². The van der Waals surface area contributed by atoms with E-state index < -0.39 is 59.4 Å². The zero-order valence-electron chi connectivity index (χ0n) is 42.7. The number of ether oxygens (including phenoxy) is 6. The van der Waals surface area contributed by atoms with Gasteiger partial charge in [0.1, 0.15) is 48.6 Å². The van der Waals surface area contributed by atoms with Gasteiger partial charge in [-0.1, -0.05) is 108 Å².